The van der Waals surface area contributed by atoms with Crippen LogP contribution in [0.1, 0.15) is 34.5 Å². The predicted octanol–water partition coefficient (Wildman–Crippen LogP) is 4.30. The molecule has 3 aromatic rings. The topological polar surface area (TPSA) is 58.2 Å². The summed E-state index contributed by atoms with van der Waals surface area (Å²) in [5, 5.41) is 9.00. The molecule has 7 heteroatoms. The lowest BCUT2D eigenvalue weighted by Gasteiger charge is -2.17. The second kappa shape index (κ2) is 10.9. The Morgan fingerprint density at radius 2 is 1.68 bits per heavy atom. The molecule has 0 aliphatic carbocycles. The Balaban J connectivity index is 0.000000237. The third-order valence-corrected chi connectivity index (χ3v) is 4.40. The summed E-state index contributed by atoms with van der Waals surface area (Å²) >= 11 is 1.53. The molecular weight excluding hydrogens is 382 g/mol. The van der Waals surface area contributed by atoms with Gasteiger partial charge in [-0.3, -0.25) is 9.59 Å². The summed E-state index contributed by atoms with van der Waals surface area (Å²) in [6.07, 6.45) is 0.514. The molecule has 0 aliphatic rings. The standard InChI is InChI=1S/C14H11F2NO.C7H9NOS/c15-12-5-1-3-10(7-12)14(17-9-18)11-4-2-6-13(16)8-11;1-2-8-7(9)6-3-4-10-5-6/h1-9,14H,(H,17,18);3-5H,2H2,1H3,(H,8,9). The molecule has 2 N–H and O–H groups in total. The Morgan fingerprint density at radius 1 is 1.07 bits per heavy atom. The maximum Gasteiger partial charge on any atom is 0.252 e. The lowest BCUT2D eigenvalue weighted by molar-refractivity contribution is -0.110. The first kappa shape index (κ1) is 21.2. The van der Waals surface area contributed by atoms with E-state index in [1.807, 2.05) is 23.8 Å². The van der Waals surface area contributed by atoms with E-state index in [1.54, 1.807) is 24.3 Å². The maximum absolute atomic E-state index is 13.2. The Bertz CT molecular complexity index is 855. The maximum atomic E-state index is 13.2. The highest BCUT2D eigenvalue weighted by molar-refractivity contribution is 7.08. The molecule has 2 aromatic carbocycles. The minimum absolute atomic E-state index is 0.0174. The van der Waals surface area contributed by atoms with Crippen LogP contribution in [0.5, 0.6) is 0 Å². The van der Waals surface area contributed by atoms with E-state index in [2.05, 4.69) is 10.6 Å². The summed E-state index contributed by atoms with van der Waals surface area (Å²) < 4.78 is 26.3. The smallest absolute Gasteiger partial charge is 0.252 e. The number of amides is 2. The third-order valence-electron chi connectivity index (χ3n) is 3.72. The minimum atomic E-state index is -0.561. The minimum Gasteiger partial charge on any atom is -0.352 e. The number of thiophene rings is 1. The lowest BCUT2D eigenvalue weighted by Crippen LogP contribution is -2.21. The van der Waals surface area contributed by atoms with Gasteiger partial charge in [-0.2, -0.15) is 11.3 Å². The van der Waals surface area contributed by atoms with E-state index >= 15 is 0 Å². The average molecular weight is 402 g/mol. The van der Waals surface area contributed by atoms with E-state index in [1.165, 1.54) is 35.6 Å². The van der Waals surface area contributed by atoms with Crippen molar-refractivity contribution in [3.8, 4) is 0 Å². The molecular formula is C21H20F2N2O2S. The molecule has 0 aliphatic heterocycles. The molecule has 0 spiro atoms. The third kappa shape index (κ3) is 6.28. The zero-order valence-electron chi connectivity index (χ0n) is 15.2. The number of benzene rings is 2. The van der Waals surface area contributed by atoms with Crippen LogP contribution in [0.3, 0.4) is 0 Å². The van der Waals surface area contributed by atoms with E-state index in [9.17, 15) is 18.4 Å². The van der Waals surface area contributed by atoms with Crippen LogP contribution < -0.4 is 10.6 Å². The first-order chi connectivity index (χ1) is 13.5. The van der Waals surface area contributed by atoms with Gasteiger partial charge in [0.05, 0.1) is 6.04 Å². The molecule has 146 valence electrons. The molecule has 0 atom stereocenters. The van der Waals surface area contributed by atoms with Gasteiger partial charge in [0.25, 0.3) is 5.91 Å². The van der Waals surface area contributed by atoms with Crippen LogP contribution >= 0.6 is 11.3 Å². The summed E-state index contributed by atoms with van der Waals surface area (Å²) in [6, 6.07) is 12.9. The second-order valence-electron chi connectivity index (χ2n) is 5.70. The Morgan fingerprint density at radius 3 is 2.11 bits per heavy atom. The monoisotopic (exact) mass is 402 g/mol. The number of carbonyl (C=O) groups is 2. The summed E-state index contributed by atoms with van der Waals surface area (Å²) in [7, 11) is 0. The summed E-state index contributed by atoms with van der Waals surface area (Å²) in [5.41, 5.74) is 1.88. The van der Waals surface area contributed by atoms with Crippen molar-refractivity contribution in [2.75, 3.05) is 6.54 Å². The van der Waals surface area contributed by atoms with Gasteiger partial charge in [-0.15, -0.1) is 0 Å². The predicted molar refractivity (Wildman–Crippen MR) is 106 cm³/mol. The van der Waals surface area contributed by atoms with E-state index < -0.39 is 17.7 Å². The number of hydrogen-bond acceptors (Lipinski definition) is 3. The van der Waals surface area contributed by atoms with Crippen molar-refractivity contribution >= 4 is 23.7 Å². The highest BCUT2D eigenvalue weighted by atomic mass is 32.1. The van der Waals surface area contributed by atoms with Gasteiger partial charge in [0.1, 0.15) is 11.6 Å². The SMILES string of the molecule is CCNC(=O)c1ccsc1.O=CNC(c1cccc(F)c1)c1cccc(F)c1. The molecule has 0 saturated heterocycles. The van der Waals surface area contributed by atoms with E-state index in [0.29, 0.717) is 24.1 Å². The van der Waals surface area contributed by atoms with Gasteiger partial charge in [-0.1, -0.05) is 24.3 Å². The fourth-order valence-electron chi connectivity index (χ4n) is 2.48. The van der Waals surface area contributed by atoms with Crippen LogP contribution in [-0.4, -0.2) is 18.9 Å². The average Bonchev–Trinajstić information content (AvgIpc) is 3.22. The van der Waals surface area contributed by atoms with Crippen molar-refractivity contribution in [3.63, 3.8) is 0 Å². The largest absolute Gasteiger partial charge is 0.352 e. The molecule has 28 heavy (non-hydrogen) atoms. The summed E-state index contributed by atoms with van der Waals surface area (Å²) in [5.74, 6) is -0.785. The molecule has 0 unspecified atom stereocenters. The van der Waals surface area contributed by atoms with Crippen molar-refractivity contribution < 1.29 is 18.4 Å². The van der Waals surface area contributed by atoms with Crippen molar-refractivity contribution in [1.29, 1.82) is 0 Å². The zero-order valence-corrected chi connectivity index (χ0v) is 16.0. The number of nitrogens with one attached hydrogen (secondary N) is 2. The van der Waals surface area contributed by atoms with Crippen LogP contribution in [0.25, 0.3) is 0 Å². The normalized spacial score (nSPS) is 10.0. The molecule has 0 bridgehead atoms. The Labute approximate surface area is 166 Å². The van der Waals surface area contributed by atoms with Gasteiger partial charge >= 0.3 is 0 Å². The van der Waals surface area contributed by atoms with Crippen molar-refractivity contribution in [2.45, 2.75) is 13.0 Å². The second-order valence-corrected chi connectivity index (χ2v) is 6.48. The van der Waals surface area contributed by atoms with Gasteiger partial charge in [-0.05, 0) is 53.8 Å². The van der Waals surface area contributed by atoms with Crippen molar-refractivity contribution in [3.05, 3.63) is 93.7 Å². The number of hydrogen-bond donors (Lipinski definition) is 2. The van der Waals surface area contributed by atoms with Crippen molar-refractivity contribution in [1.82, 2.24) is 10.6 Å². The molecule has 0 saturated carbocycles. The number of rotatable bonds is 6. The fourth-order valence-corrected chi connectivity index (χ4v) is 3.12. The van der Waals surface area contributed by atoms with Crippen LogP contribution in [0.2, 0.25) is 0 Å². The van der Waals surface area contributed by atoms with E-state index in [-0.39, 0.29) is 5.91 Å². The molecule has 4 nitrogen and oxygen atoms in total. The molecule has 1 aromatic heterocycles. The zero-order chi connectivity index (χ0) is 20.4. The van der Waals surface area contributed by atoms with E-state index in [4.69, 9.17) is 0 Å². The highest BCUT2D eigenvalue weighted by Gasteiger charge is 2.14. The first-order valence-corrected chi connectivity index (χ1v) is 9.50. The molecule has 2 amide bonds. The van der Waals surface area contributed by atoms with Crippen LogP contribution in [0, 0.1) is 11.6 Å². The molecule has 3 rings (SSSR count). The highest BCUT2D eigenvalue weighted by Crippen LogP contribution is 2.22. The van der Waals surface area contributed by atoms with Gasteiger partial charge < -0.3 is 10.6 Å². The number of halogens is 2. The summed E-state index contributed by atoms with van der Waals surface area (Å²) in [4.78, 5) is 21.6. The fraction of sp³-hybridized carbons (Fsp3) is 0.143. The summed E-state index contributed by atoms with van der Waals surface area (Å²) in [6.45, 7) is 2.60. The van der Waals surface area contributed by atoms with Crippen LogP contribution in [0.15, 0.2) is 65.4 Å². The van der Waals surface area contributed by atoms with Gasteiger partial charge in [0.15, 0.2) is 0 Å². The molecule has 1 heterocycles. The van der Waals surface area contributed by atoms with Gasteiger partial charge in [0.2, 0.25) is 6.41 Å². The quantitative estimate of drug-likeness (QED) is 0.604. The number of carbonyl (C=O) groups excluding carboxylic acids is 2. The molecule has 0 radical (unpaired) electrons. The van der Waals surface area contributed by atoms with Crippen LogP contribution in [-0.2, 0) is 4.79 Å². The van der Waals surface area contributed by atoms with Crippen molar-refractivity contribution in [2.24, 2.45) is 0 Å². The Kier molecular flexibility index (Phi) is 8.30. The van der Waals surface area contributed by atoms with E-state index in [0.717, 1.165) is 5.56 Å². The lowest BCUT2D eigenvalue weighted by atomic mass is 9.99. The molecule has 0 fully saturated rings. The van der Waals surface area contributed by atoms with Gasteiger partial charge in [0, 0.05) is 17.5 Å². The van der Waals surface area contributed by atoms with Gasteiger partial charge in [-0.25, -0.2) is 8.78 Å². The van der Waals surface area contributed by atoms with Crippen LogP contribution in [0.4, 0.5) is 8.78 Å². The Hall–Kier alpha value is -3.06. The first-order valence-electron chi connectivity index (χ1n) is 8.56.